The van der Waals surface area contributed by atoms with E-state index in [1.54, 1.807) is 23.9 Å². The van der Waals surface area contributed by atoms with Crippen molar-refractivity contribution < 1.29 is 13.9 Å². The van der Waals surface area contributed by atoms with E-state index in [0.717, 1.165) is 17.9 Å². The smallest absolute Gasteiger partial charge is 0.407 e. The van der Waals surface area contributed by atoms with Gasteiger partial charge in [-0.15, -0.1) is 11.8 Å². The first-order chi connectivity index (χ1) is 10.6. The molecule has 0 radical (unpaired) electrons. The number of amides is 1. The molecule has 0 unspecified atom stereocenters. The lowest BCUT2D eigenvalue weighted by Gasteiger charge is -2.19. The largest absolute Gasteiger partial charge is 0.444 e. The molecule has 132 valence electrons. The van der Waals surface area contributed by atoms with Crippen molar-refractivity contribution in [1.29, 1.82) is 0 Å². The van der Waals surface area contributed by atoms with Crippen molar-refractivity contribution in [3.05, 3.63) is 30.1 Å². The van der Waals surface area contributed by atoms with Gasteiger partial charge >= 0.3 is 6.09 Å². The average molecular weight is 344 g/mol. The fourth-order valence-corrected chi connectivity index (χ4v) is 1.88. The van der Waals surface area contributed by atoms with Crippen LogP contribution in [-0.2, 0) is 4.74 Å². The highest BCUT2D eigenvalue weighted by Crippen LogP contribution is 2.13. The van der Waals surface area contributed by atoms with Gasteiger partial charge in [0.25, 0.3) is 0 Å². The maximum absolute atomic E-state index is 12.2. The lowest BCUT2D eigenvalue weighted by atomic mass is 10.2. The summed E-state index contributed by atoms with van der Waals surface area (Å²) in [5, 5.41) is 2.71. The van der Waals surface area contributed by atoms with Gasteiger partial charge in [0.15, 0.2) is 0 Å². The Morgan fingerprint density at radius 2 is 1.83 bits per heavy atom. The number of hydrogen-bond donors (Lipinski definition) is 1. The minimum absolute atomic E-state index is 0.173. The van der Waals surface area contributed by atoms with Crippen LogP contribution in [0, 0.1) is 5.82 Å². The van der Waals surface area contributed by atoms with E-state index in [0.29, 0.717) is 6.54 Å². The zero-order chi connectivity index (χ0) is 17.9. The number of rotatable bonds is 5. The minimum atomic E-state index is -0.411. The Balaban J connectivity index is 0.000000459. The van der Waals surface area contributed by atoms with Gasteiger partial charge in [-0.2, -0.15) is 0 Å². The normalized spacial score (nSPS) is 10.8. The van der Waals surface area contributed by atoms with E-state index in [1.165, 1.54) is 12.1 Å². The zero-order valence-electron chi connectivity index (χ0n) is 15.0. The van der Waals surface area contributed by atoms with Crippen molar-refractivity contribution in [2.24, 2.45) is 0 Å². The second-order valence-corrected chi connectivity index (χ2v) is 7.12. The molecule has 1 aromatic rings. The van der Waals surface area contributed by atoms with Gasteiger partial charge in [-0.05, 0) is 78.4 Å². The van der Waals surface area contributed by atoms with Crippen molar-refractivity contribution in [1.82, 2.24) is 10.2 Å². The van der Waals surface area contributed by atoms with Gasteiger partial charge in [-0.1, -0.05) is 0 Å². The number of alkyl carbamates (subject to hydrolysis) is 1. The highest BCUT2D eigenvalue weighted by atomic mass is 32.2. The van der Waals surface area contributed by atoms with Gasteiger partial charge in [0.05, 0.1) is 0 Å². The predicted octanol–water partition coefficient (Wildman–Crippen LogP) is 4.01. The molecular weight excluding hydrogens is 315 g/mol. The van der Waals surface area contributed by atoms with E-state index >= 15 is 0 Å². The summed E-state index contributed by atoms with van der Waals surface area (Å²) in [4.78, 5) is 14.3. The summed E-state index contributed by atoms with van der Waals surface area (Å²) in [5.41, 5.74) is -0.411. The molecule has 0 bridgehead atoms. The number of nitrogens with one attached hydrogen (secondary N) is 1. The van der Waals surface area contributed by atoms with Crippen LogP contribution in [-0.4, -0.2) is 50.0 Å². The van der Waals surface area contributed by atoms with E-state index in [4.69, 9.17) is 4.74 Å². The van der Waals surface area contributed by atoms with Crippen molar-refractivity contribution >= 4 is 17.9 Å². The van der Waals surface area contributed by atoms with Gasteiger partial charge in [0, 0.05) is 11.4 Å². The molecule has 0 aliphatic heterocycles. The van der Waals surface area contributed by atoms with Crippen LogP contribution in [0.15, 0.2) is 29.2 Å². The third-order valence-electron chi connectivity index (χ3n) is 2.50. The predicted molar refractivity (Wildman–Crippen MR) is 95.6 cm³/mol. The lowest BCUT2D eigenvalue weighted by molar-refractivity contribution is 0.0526. The molecule has 23 heavy (non-hydrogen) atoms. The number of halogens is 1. The molecule has 0 saturated carbocycles. The van der Waals surface area contributed by atoms with E-state index < -0.39 is 5.60 Å². The second kappa shape index (κ2) is 11.3. The molecule has 0 aliphatic rings. The van der Waals surface area contributed by atoms with Crippen molar-refractivity contribution in [2.45, 2.75) is 37.7 Å². The van der Waals surface area contributed by atoms with Gasteiger partial charge in [0.2, 0.25) is 0 Å². The molecule has 0 aromatic heterocycles. The average Bonchev–Trinajstić information content (AvgIpc) is 2.43. The Hall–Kier alpha value is -1.27. The van der Waals surface area contributed by atoms with Crippen molar-refractivity contribution in [3.8, 4) is 0 Å². The van der Waals surface area contributed by atoms with Crippen LogP contribution in [0.25, 0.3) is 0 Å². The molecule has 1 N–H and O–H groups in total. The lowest BCUT2D eigenvalue weighted by Crippen LogP contribution is -2.33. The van der Waals surface area contributed by atoms with Gasteiger partial charge in [-0.25, -0.2) is 9.18 Å². The van der Waals surface area contributed by atoms with Crippen LogP contribution in [0.1, 0.15) is 27.2 Å². The quantitative estimate of drug-likeness (QED) is 0.647. The molecule has 0 fully saturated rings. The fraction of sp³-hybridized carbons (Fsp3) is 0.588. The first-order valence-corrected chi connectivity index (χ1v) is 8.77. The first kappa shape index (κ1) is 21.7. The SMILES string of the molecule is CN(C)CCCNC(=O)OC(C)(C)C.CSc1ccc(F)cc1. The first-order valence-electron chi connectivity index (χ1n) is 7.55. The summed E-state index contributed by atoms with van der Waals surface area (Å²) in [6, 6.07) is 6.46. The molecule has 6 heteroatoms. The van der Waals surface area contributed by atoms with Crippen LogP contribution in [0.4, 0.5) is 9.18 Å². The van der Waals surface area contributed by atoms with Crippen molar-refractivity contribution in [3.63, 3.8) is 0 Å². The van der Waals surface area contributed by atoms with E-state index in [9.17, 15) is 9.18 Å². The molecule has 4 nitrogen and oxygen atoms in total. The highest BCUT2D eigenvalue weighted by molar-refractivity contribution is 7.98. The summed E-state index contributed by atoms with van der Waals surface area (Å²) in [6.07, 6.45) is 2.57. The second-order valence-electron chi connectivity index (χ2n) is 6.24. The Bertz CT molecular complexity index is 445. The molecule has 0 aliphatic carbocycles. The fourth-order valence-electron chi connectivity index (χ4n) is 1.47. The Labute approximate surface area is 143 Å². The topological polar surface area (TPSA) is 41.6 Å². The number of ether oxygens (including phenoxy) is 1. The molecule has 0 saturated heterocycles. The van der Waals surface area contributed by atoms with Crippen LogP contribution in [0.5, 0.6) is 0 Å². The van der Waals surface area contributed by atoms with Crippen molar-refractivity contribution in [2.75, 3.05) is 33.4 Å². The molecule has 1 amide bonds. The molecule has 0 spiro atoms. The third kappa shape index (κ3) is 14.1. The highest BCUT2D eigenvalue weighted by Gasteiger charge is 2.15. The summed E-state index contributed by atoms with van der Waals surface area (Å²) >= 11 is 1.61. The third-order valence-corrected chi connectivity index (χ3v) is 3.24. The van der Waals surface area contributed by atoms with Crippen LogP contribution >= 0.6 is 11.8 Å². The number of benzene rings is 1. The van der Waals surface area contributed by atoms with E-state index in [1.807, 2.05) is 41.1 Å². The Kier molecular flexibility index (Phi) is 10.7. The molecule has 1 aromatic carbocycles. The van der Waals surface area contributed by atoms with Gasteiger partial charge in [0.1, 0.15) is 11.4 Å². The van der Waals surface area contributed by atoms with Gasteiger partial charge < -0.3 is 15.0 Å². The molecular formula is C17H29FN2O2S. The maximum atomic E-state index is 12.2. The summed E-state index contributed by atoms with van der Waals surface area (Å²) in [5.74, 6) is -0.173. The summed E-state index contributed by atoms with van der Waals surface area (Å²) in [7, 11) is 4.01. The standard InChI is InChI=1S/C10H22N2O2.C7H7FS/c1-10(2,3)14-9(13)11-7-6-8-12(4)5;1-9-7-4-2-6(8)3-5-7/h6-8H2,1-5H3,(H,11,13);2-5H,1H3. The zero-order valence-corrected chi connectivity index (χ0v) is 15.8. The maximum Gasteiger partial charge on any atom is 0.407 e. The number of hydrogen-bond acceptors (Lipinski definition) is 4. The van der Waals surface area contributed by atoms with Gasteiger partial charge in [-0.3, -0.25) is 0 Å². The molecule has 0 heterocycles. The number of carbonyl (C=O) groups excluding carboxylic acids is 1. The van der Waals surface area contributed by atoms with Crippen LogP contribution in [0.2, 0.25) is 0 Å². The Morgan fingerprint density at radius 3 is 2.26 bits per heavy atom. The number of nitrogens with zero attached hydrogens (tertiary/aromatic N) is 1. The number of thioether (sulfide) groups is 1. The van der Waals surface area contributed by atoms with E-state index in [2.05, 4.69) is 10.2 Å². The van der Waals surface area contributed by atoms with Crippen LogP contribution < -0.4 is 5.32 Å². The molecule has 1 rings (SSSR count). The summed E-state index contributed by atoms with van der Waals surface area (Å²) < 4.78 is 17.3. The summed E-state index contributed by atoms with van der Waals surface area (Å²) in [6.45, 7) is 7.19. The molecule has 0 atom stereocenters. The minimum Gasteiger partial charge on any atom is -0.444 e. The van der Waals surface area contributed by atoms with E-state index in [-0.39, 0.29) is 11.9 Å². The number of carbonyl (C=O) groups is 1. The van der Waals surface area contributed by atoms with Crippen LogP contribution in [0.3, 0.4) is 0 Å². The Morgan fingerprint density at radius 1 is 1.26 bits per heavy atom. The monoisotopic (exact) mass is 344 g/mol.